The van der Waals surface area contributed by atoms with Crippen LogP contribution in [0.5, 0.6) is 0 Å². The third-order valence-electron chi connectivity index (χ3n) is 7.02. The number of hydrogen-bond acceptors (Lipinski definition) is 7. The lowest BCUT2D eigenvalue weighted by atomic mass is 9.72. The molecule has 7 heteroatoms. The number of Topliss-reactive ketones (excluding diaryl/α,β-unsaturated/α-hetero) is 1. The summed E-state index contributed by atoms with van der Waals surface area (Å²) in [6.07, 6.45) is 1.39. The van der Waals surface area contributed by atoms with Crippen LogP contribution in [0.25, 0.3) is 0 Å². The van der Waals surface area contributed by atoms with Gasteiger partial charge in [0.25, 0.3) is 0 Å². The predicted octanol–water partition coefficient (Wildman–Crippen LogP) is 3.29. The average Bonchev–Trinajstić information content (AvgIpc) is 2.68. The summed E-state index contributed by atoms with van der Waals surface area (Å²) in [6.45, 7) is 11.1. The van der Waals surface area contributed by atoms with Gasteiger partial charge in [-0.05, 0) is 31.3 Å². The molecule has 32 heavy (non-hydrogen) atoms. The van der Waals surface area contributed by atoms with E-state index < -0.39 is 41.6 Å². The van der Waals surface area contributed by atoms with E-state index in [1.165, 1.54) is 0 Å². The number of aliphatic hydroxyl groups excluding tert-OH is 2. The molecule has 1 saturated heterocycles. The molecule has 2 aliphatic heterocycles. The standard InChI is InChI=1S/C25H42O7/c1-7-8-19-10-9-15(2)22(28)24(5,6)23(29)17(4)11-16(3)20-12-18(26)13-25(30,32-20)14-21(27)31-19/h9,16-20,22,26,28,30H,7-8,10-14H2,1-6H3/b15-9+/t16?,17-,18-,19+,20-,22+,25+/m0/s1. The van der Waals surface area contributed by atoms with Crippen molar-refractivity contribution in [1.29, 1.82) is 0 Å². The van der Waals surface area contributed by atoms with E-state index >= 15 is 0 Å². The third-order valence-corrected chi connectivity index (χ3v) is 7.02. The molecule has 7 atom stereocenters. The van der Waals surface area contributed by atoms with Crippen molar-refractivity contribution in [2.45, 2.75) is 117 Å². The first-order valence-corrected chi connectivity index (χ1v) is 12.0. The minimum absolute atomic E-state index is 0.0418. The molecule has 184 valence electrons. The molecule has 0 aromatic heterocycles. The van der Waals surface area contributed by atoms with Crippen LogP contribution in [-0.4, -0.2) is 57.3 Å². The van der Waals surface area contributed by atoms with Crippen LogP contribution in [0.15, 0.2) is 11.6 Å². The van der Waals surface area contributed by atoms with Crippen molar-refractivity contribution in [1.82, 2.24) is 0 Å². The minimum Gasteiger partial charge on any atom is -0.462 e. The van der Waals surface area contributed by atoms with Crippen molar-refractivity contribution in [2.24, 2.45) is 17.3 Å². The fraction of sp³-hybridized carbons (Fsp3) is 0.840. The largest absolute Gasteiger partial charge is 0.462 e. The van der Waals surface area contributed by atoms with Crippen LogP contribution in [0.2, 0.25) is 0 Å². The van der Waals surface area contributed by atoms with Gasteiger partial charge in [-0.3, -0.25) is 9.59 Å². The SMILES string of the molecule is CCC[C@@H]1C/C=C(\C)[C@@H](O)C(C)(C)C(=O)[C@@H](C)CC(C)[C@@H]2C[C@H](O)C[C@](O)(CC(=O)O1)O2. The Morgan fingerprint density at radius 2 is 1.81 bits per heavy atom. The number of ether oxygens (including phenoxy) is 2. The van der Waals surface area contributed by atoms with Crippen LogP contribution >= 0.6 is 0 Å². The number of aliphatic hydroxyl groups is 3. The van der Waals surface area contributed by atoms with Gasteiger partial charge in [0.2, 0.25) is 0 Å². The van der Waals surface area contributed by atoms with E-state index in [4.69, 9.17) is 9.47 Å². The van der Waals surface area contributed by atoms with Gasteiger partial charge in [-0.15, -0.1) is 0 Å². The Bertz CT molecular complexity index is 700. The second kappa shape index (κ2) is 10.8. The Morgan fingerprint density at radius 3 is 2.44 bits per heavy atom. The maximum Gasteiger partial charge on any atom is 0.311 e. The molecule has 0 aromatic carbocycles. The number of carbonyl (C=O) groups excluding carboxylic acids is 2. The summed E-state index contributed by atoms with van der Waals surface area (Å²) in [4.78, 5) is 25.9. The number of fused-ring (bicyclic) bond motifs is 2. The van der Waals surface area contributed by atoms with Gasteiger partial charge < -0.3 is 24.8 Å². The fourth-order valence-corrected chi connectivity index (χ4v) is 5.14. The lowest BCUT2D eigenvalue weighted by molar-refractivity contribution is -0.283. The topological polar surface area (TPSA) is 113 Å². The molecule has 0 spiro atoms. The van der Waals surface area contributed by atoms with Crippen molar-refractivity contribution in [3.05, 3.63) is 11.6 Å². The molecule has 0 saturated carbocycles. The van der Waals surface area contributed by atoms with Crippen LogP contribution in [-0.2, 0) is 19.1 Å². The molecule has 0 aromatic rings. The Labute approximate surface area is 192 Å². The summed E-state index contributed by atoms with van der Waals surface area (Å²) >= 11 is 0. The Kier molecular flexibility index (Phi) is 9.07. The number of cyclic esters (lactones) is 1. The number of carbonyl (C=O) groups is 2. The second-order valence-corrected chi connectivity index (χ2v) is 10.6. The van der Waals surface area contributed by atoms with Crippen molar-refractivity contribution in [3.63, 3.8) is 0 Å². The zero-order chi connectivity index (χ0) is 24.3. The minimum atomic E-state index is -1.80. The summed E-state index contributed by atoms with van der Waals surface area (Å²) in [5, 5.41) is 32.3. The third kappa shape index (κ3) is 6.62. The van der Waals surface area contributed by atoms with E-state index in [0.29, 0.717) is 31.3 Å². The Balaban J connectivity index is 2.39. The molecule has 7 nitrogen and oxygen atoms in total. The summed E-state index contributed by atoms with van der Waals surface area (Å²) in [5.41, 5.74) is -0.309. The van der Waals surface area contributed by atoms with Gasteiger partial charge in [0.05, 0.1) is 30.1 Å². The van der Waals surface area contributed by atoms with E-state index in [-0.39, 0.29) is 30.5 Å². The summed E-state index contributed by atoms with van der Waals surface area (Å²) < 4.78 is 11.5. The lowest BCUT2D eigenvalue weighted by Crippen LogP contribution is -2.50. The summed E-state index contributed by atoms with van der Waals surface area (Å²) in [6, 6.07) is 0. The fourth-order valence-electron chi connectivity index (χ4n) is 5.14. The van der Waals surface area contributed by atoms with Crippen LogP contribution in [0.1, 0.15) is 86.5 Å². The van der Waals surface area contributed by atoms with Gasteiger partial charge in [0, 0.05) is 25.2 Å². The normalized spacial score (nSPS) is 41.5. The van der Waals surface area contributed by atoms with Crippen LogP contribution in [0.3, 0.4) is 0 Å². The molecule has 2 heterocycles. The number of ketones is 1. The molecule has 0 amide bonds. The molecule has 0 aliphatic carbocycles. The molecule has 2 rings (SSSR count). The Morgan fingerprint density at radius 1 is 1.16 bits per heavy atom. The molecule has 2 bridgehead atoms. The van der Waals surface area contributed by atoms with E-state index in [2.05, 4.69) is 0 Å². The van der Waals surface area contributed by atoms with Gasteiger partial charge in [-0.25, -0.2) is 0 Å². The maximum absolute atomic E-state index is 13.3. The highest BCUT2D eigenvalue weighted by atomic mass is 16.6. The number of rotatable bonds is 2. The first-order chi connectivity index (χ1) is 14.8. The predicted molar refractivity (Wildman–Crippen MR) is 121 cm³/mol. The van der Waals surface area contributed by atoms with Gasteiger partial charge in [0.15, 0.2) is 5.79 Å². The van der Waals surface area contributed by atoms with Crippen molar-refractivity contribution < 1.29 is 34.4 Å². The van der Waals surface area contributed by atoms with Crippen molar-refractivity contribution in [3.8, 4) is 0 Å². The highest BCUT2D eigenvalue weighted by molar-refractivity contribution is 5.87. The summed E-state index contributed by atoms with van der Waals surface area (Å²) in [7, 11) is 0. The monoisotopic (exact) mass is 454 g/mol. The smallest absolute Gasteiger partial charge is 0.311 e. The first kappa shape index (κ1) is 27.0. The highest BCUT2D eigenvalue weighted by Crippen LogP contribution is 2.37. The van der Waals surface area contributed by atoms with Gasteiger partial charge in [-0.2, -0.15) is 0 Å². The van der Waals surface area contributed by atoms with Crippen LogP contribution in [0, 0.1) is 17.3 Å². The molecule has 0 radical (unpaired) electrons. The van der Waals surface area contributed by atoms with Crippen molar-refractivity contribution >= 4 is 11.8 Å². The highest BCUT2D eigenvalue weighted by Gasteiger charge is 2.45. The van der Waals surface area contributed by atoms with E-state index in [0.717, 1.165) is 6.42 Å². The van der Waals surface area contributed by atoms with E-state index in [1.54, 1.807) is 20.8 Å². The first-order valence-electron chi connectivity index (χ1n) is 12.0. The number of hydrogen-bond donors (Lipinski definition) is 3. The van der Waals surface area contributed by atoms with Gasteiger partial charge >= 0.3 is 5.97 Å². The number of esters is 1. The summed E-state index contributed by atoms with van der Waals surface area (Å²) in [5.74, 6) is -2.90. The molecule has 3 N–H and O–H groups in total. The van der Waals surface area contributed by atoms with E-state index in [9.17, 15) is 24.9 Å². The van der Waals surface area contributed by atoms with E-state index in [1.807, 2.05) is 26.8 Å². The zero-order valence-corrected chi connectivity index (χ0v) is 20.5. The molecule has 1 unspecified atom stereocenters. The molecular weight excluding hydrogens is 412 g/mol. The molecular formula is C25H42O7. The van der Waals surface area contributed by atoms with Crippen molar-refractivity contribution in [2.75, 3.05) is 0 Å². The zero-order valence-electron chi connectivity index (χ0n) is 20.5. The maximum atomic E-state index is 13.3. The lowest BCUT2D eigenvalue weighted by Gasteiger charge is -2.42. The average molecular weight is 455 g/mol. The van der Waals surface area contributed by atoms with Crippen LogP contribution in [0.4, 0.5) is 0 Å². The molecule has 1 fully saturated rings. The van der Waals surface area contributed by atoms with Gasteiger partial charge in [-0.1, -0.05) is 47.1 Å². The quantitative estimate of drug-likeness (QED) is 0.433. The molecule has 2 aliphatic rings. The van der Waals surface area contributed by atoms with Crippen LogP contribution < -0.4 is 0 Å². The van der Waals surface area contributed by atoms with Gasteiger partial charge in [0.1, 0.15) is 11.9 Å². The Hall–Kier alpha value is -1.28. The second-order valence-electron chi connectivity index (χ2n) is 10.6.